The molecule has 0 unspecified atom stereocenters. The van der Waals surface area contributed by atoms with Crippen molar-refractivity contribution in [2.24, 2.45) is 0 Å². The largest absolute Gasteiger partial charge is 4.00 e. The normalized spacial score (nSPS) is 13.2. The third kappa shape index (κ3) is 6.45. The second-order valence-corrected chi connectivity index (χ2v) is 7.52. The van der Waals surface area contributed by atoms with E-state index in [1.165, 1.54) is 43.8 Å². The minimum Gasteiger partial charge on any atom is -1.00 e. The van der Waals surface area contributed by atoms with Gasteiger partial charge in [-0.1, -0.05) is 73.5 Å². The topological polar surface area (TPSA) is 0 Å². The Morgan fingerprint density at radius 2 is 0.879 bits per heavy atom. The molecule has 0 heterocycles. The van der Waals surface area contributed by atoms with Crippen molar-refractivity contribution in [1.29, 1.82) is 0 Å². The minimum absolute atomic E-state index is 0. The number of fused-ring (bicyclic) bond motifs is 2. The van der Waals surface area contributed by atoms with Crippen LogP contribution in [-0.2, 0) is 26.2 Å². The fourth-order valence-electron chi connectivity index (χ4n) is 3.92. The van der Waals surface area contributed by atoms with Crippen molar-refractivity contribution in [1.82, 2.24) is 0 Å². The summed E-state index contributed by atoms with van der Waals surface area (Å²) in [6, 6.07) is 30.0. The second kappa shape index (κ2) is 12.9. The van der Waals surface area contributed by atoms with Crippen molar-refractivity contribution in [3.05, 3.63) is 133 Å². The maximum atomic E-state index is 3.34. The van der Waals surface area contributed by atoms with E-state index in [0.29, 0.717) is 0 Å². The molecule has 33 heavy (non-hydrogen) atoms. The first-order chi connectivity index (χ1) is 14.9. The van der Waals surface area contributed by atoms with E-state index in [-0.39, 0.29) is 51.0 Å². The summed E-state index contributed by atoms with van der Waals surface area (Å²) in [5.41, 5.74) is 4.98. The van der Waals surface area contributed by atoms with Crippen molar-refractivity contribution in [2.45, 2.75) is 12.8 Å². The molecule has 0 N–H and O–H groups in total. The van der Waals surface area contributed by atoms with Crippen LogP contribution in [0.25, 0.3) is 32.7 Å². The zero-order chi connectivity index (χ0) is 20.2. The van der Waals surface area contributed by atoms with Crippen molar-refractivity contribution in [3.8, 4) is 0 Å². The Hall–Kier alpha value is -2.18. The Morgan fingerprint density at radius 1 is 0.485 bits per heavy atom. The average Bonchev–Trinajstić information content (AvgIpc) is 3.54. The molecule has 2 aliphatic rings. The maximum Gasteiger partial charge on any atom is 4.00 e. The molecule has 3 heteroatoms. The average molecular weight is 545 g/mol. The van der Waals surface area contributed by atoms with Gasteiger partial charge in [-0.15, -0.1) is 47.5 Å². The zero-order valence-electron chi connectivity index (χ0n) is 18.1. The molecule has 0 aromatic heterocycles. The molecule has 0 fully saturated rings. The Morgan fingerprint density at radius 3 is 1.24 bits per heavy atom. The molecule has 0 saturated heterocycles. The van der Waals surface area contributed by atoms with Gasteiger partial charge in [0, 0.05) is 0 Å². The Labute approximate surface area is 227 Å². The van der Waals surface area contributed by atoms with Gasteiger partial charge < -0.3 is 24.8 Å². The standard InChI is InChI=1S/2C15H11.2ClH.Zr/c2*1-2-6-12(5-1)15-10-9-13-7-3-4-8-14(13)11-15;;;/h2*1,3-5,7-11H,2H2;2*1H;/q2*-1;;;+4/p-2. The van der Waals surface area contributed by atoms with Gasteiger partial charge in [0.2, 0.25) is 0 Å². The zero-order valence-corrected chi connectivity index (χ0v) is 22.0. The van der Waals surface area contributed by atoms with Gasteiger partial charge >= 0.3 is 26.2 Å². The first-order valence-electron chi connectivity index (χ1n) is 10.4. The summed E-state index contributed by atoms with van der Waals surface area (Å²) in [6.45, 7) is 0. The van der Waals surface area contributed by atoms with E-state index in [0.717, 1.165) is 12.8 Å². The van der Waals surface area contributed by atoms with Crippen molar-refractivity contribution >= 4 is 32.7 Å². The maximum absolute atomic E-state index is 3.34. The Bertz CT molecular complexity index is 1240. The summed E-state index contributed by atoms with van der Waals surface area (Å²) in [4.78, 5) is 0. The quantitative estimate of drug-likeness (QED) is 0.339. The van der Waals surface area contributed by atoms with Crippen LogP contribution in [0.4, 0.5) is 0 Å². The van der Waals surface area contributed by atoms with Gasteiger partial charge in [-0.25, -0.2) is 0 Å². The molecule has 2 aliphatic carbocycles. The van der Waals surface area contributed by atoms with E-state index in [1.54, 1.807) is 0 Å². The van der Waals surface area contributed by atoms with Crippen LogP contribution in [0.1, 0.15) is 24.0 Å². The predicted molar refractivity (Wildman–Crippen MR) is 129 cm³/mol. The van der Waals surface area contributed by atoms with Crippen LogP contribution in [0.5, 0.6) is 0 Å². The van der Waals surface area contributed by atoms with E-state index in [9.17, 15) is 0 Å². The van der Waals surface area contributed by atoms with Gasteiger partial charge in [-0.05, 0) is 21.5 Å². The van der Waals surface area contributed by atoms with Gasteiger partial charge in [-0.2, -0.15) is 35.5 Å². The summed E-state index contributed by atoms with van der Waals surface area (Å²) in [6.07, 6.45) is 17.2. The van der Waals surface area contributed by atoms with Crippen LogP contribution in [0.2, 0.25) is 0 Å². The number of hydrogen-bond donors (Lipinski definition) is 0. The van der Waals surface area contributed by atoms with Crippen molar-refractivity contribution in [2.75, 3.05) is 0 Å². The van der Waals surface area contributed by atoms with Crippen LogP contribution in [0.3, 0.4) is 0 Å². The minimum atomic E-state index is 0. The third-order valence-electron chi connectivity index (χ3n) is 5.51. The van der Waals surface area contributed by atoms with Gasteiger partial charge in [0.25, 0.3) is 0 Å². The fourth-order valence-corrected chi connectivity index (χ4v) is 3.92. The molecule has 0 saturated carbocycles. The molecule has 0 atom stereocenters. The molecular weight excluding hydrogens is 522 g/mol. The summed E-state index contributed by atoms with van der Waals surface area (Å²) >= 11 is 0. The second-order valence-electron chi connectivity index (χ2n) is 7.52. The molecule has 0 bridgehead atoms. The SMILES string of the molecule is [C-]1=C(c2ccc3ccccc3c2)C=CC1.[C-]1=C(c2ccc3ccccc3c2)C=CC1.[Cl-].[Cl-].[Zr+4]. The van der Waals surface area contributed by atoms with Gasteiger partial charge in [-0.3, -0.25) is 0 Å². The number of benzene rings is 4. The molecule has 0 aliphatic heterocycles. The first kappa shape index (κ1) is 27.1. The monoisotopic (exact) mass is 542 g/mol. The van der Waals surface area contributed by atoms with Crippen LogP contribution in [-0.4, -0.2) is 0 Å². The number of hydrogen-bond acceptors (Lipinski definition) is 0. The number of halogens is 2. The van der Waals surface area contributed by atoms with E-state index < -0.39 is 0 Å². The van der Waals surface area contributed by atoms with Gasteiger partial charge in [0.05, 0.1) is 0 Å². The Kier molecular flexibility index (Phi) is 10.6. The molecule has 0 nitrogen and oxygen atoms in total. The molecule has 0 spiro atoms. The van der Waals surface area contributed by atoms with Crippen LogP contribution < -0.4 is 24.8 Å². The molecule has 0 radical (unpaired) electrons. The summed E-state index contributed by atoms with van der Waals surface area (Å²) in [7, 11) is 0. The summed E-state index contributed by atoms with van der Waals surface area (Å²) < 4.78 is 0. The van der Waals surface area contributed by atoms with E-state index in [1.807, 2.05) is 0 Å². The van der Waals surface area contributed by atoms with Crippen molar-refractivity contribution < 1.29 is 51.0 Å². The van der Waals surface area contributed by atoms with Crippen LogP contribution in [0.15, 0.2) is 109 Å². The summed E-state index contributed by atoms with van der Waals surface area (Å²) in [5, 5.41) is 5.18. The molecule has 4 aromatic carbocycles. The number of rotatable bonds is 2. The van der Waals surface area contributed by atoms with Crippen LogP contribution >= 0.6 is 0 Å². The first-order valence-corrected chi connectivity index (χ1v) is 10.4. The molecule has 6 rings (SSSR count). The molecule has 4 aromatic rings. The van der Waals surface area contributed by atoms with Gasteiger partial charge in [0.1, 0.15) is 0 Å². The van der Waals surface area contributed by atoms with Crippen LogP contribution in [0, 0.1) is 12.2 Å². The summed E-state index contributed by atoms with van der Waals surface area (Å²) in [5.74, 6) is 0. The third-order valence-corrected chi connectivity index (χ3v) is 5.51. The van der Waals surface area contributed by atoms with E-state index in [2.05, 4.69) is 121 Å². The van der Waals surface area contributed by atoms with Gasteiger partial charge in [0.15, 0.2) is 0 Å². The smallest absolute Gasteiger partial charge is 1.00 e. The Balaban J connectivity index is 0.000000214. The van der Waals surface area contributed by atoms with E-state index in [4.69, 9.17) is 0 Å². The predicted octanol–water partition coefficient (Wildman–Crippen LogP) is 1.98. The fraction of sp³-hybridized carbons (Fsp3) is 0.0667. The van der Waals surface area contributed by atoms with Crippen molar-refractivity contribution in [3.63, 3.8) is 0 Å². The van der Waals surface area contributed by atoms with E-state index >= 15 is 0 Å². The molecule has 0 amide bonds. The molecular formula is C30H22Cl2Zr. The molecule has 160 valence electrons. The number of allylic oxidation sites excluding steroid dienone is 8.